The van der Waals surface area contributed by atoms with E-state index in [2.05, 4.69) is 14.8 Å². The zero-order valence-electron chi connectivity index (χ0n) is 15.7. The summed E-state index contributed by atoms with van der Waals surface area (Å²) in [5.74, 6) is 0.764. The molecule has 2 aliphatic rings. The van der Waals surface area contributed by atoms with Crippen molar-refractivity contribution >= 4 is 40.1 Å². The zero-order chi connectivity index (χ0) is 19.3. The first-order valence-corrected chi connectivity index (χ1v) is 11.3. The average Bonchev–Trinajstić information content (AvgIpc) is 2.73. The topological polar surface area (TPSA) is 59.9 Å². The molecule has 1 saturated heterocycles. The molecule has 1 amide bonds. The van der Waals surface area contributed by atoms with Crippen LogP contribution in [0.25, 0.3) is 0 Å². The van der Waals surface area contributed by atoms with Crippen molar-refractivity contribution in [1.82, 2.24) is 14.8 Å². The number of β-amino-alcohol motifs (C(OH)–C–C–N with tert-alkyl or cyclic N) is 1. The van der Waals surface area contributed by atoms with Gasteiger partial charge in [-0.3, -0.25) is 19.5 Å². The number of carbonyl (C=O) groups excluding carboxylic acids is 1. The predicted molar refractivity (Wildman–Crippen MR) is 115 cm³/mol. The fourth-order valence-corrected chi connectivity index (χ4v) is 5.34. The van der Waals surface area contributed by atoms with Gasteiger partial charge >= 0.3 is 0 Å². The Labute approximate surface area is 173 Å². The van der Waals surface area contributed by atoms with Crippen LogP contribution in [0.3, 0.4) is 0 Å². The number of fused-ring (bicyclic) bond motifs is 2. The number of carbonyl (C=O) groups is 1. The molecule has 6 nitrogen and oxygen atoms in total. The Hall–Kier alpha value is -1.58. The molecule has 8 heteroatoms. The first-order chi connectivity index (χ1) is 13.8. The van der Waals surface area contributed by atoms with Gasteiger partial charge < -0.3 is 5.11 Å². The Morgan fingerprint density at radius 2 is 1.75 bits per heavy atom. The second kappa shape index (κ2) is 9.28. The van der Waals surface area contributed by atoms with Crippen molar-refractivity contribution in [2.45, 2.75) is 9.92 Å². The van der Waals surface area contributed by atoms with Crippen LogP contribution in [0, 0.1) is 0 Å². The lowest BCUT2D eigenvalue weighted by Gasteiger charge is -2.34. The number of rotatable bonds is 5. The number of anilines is 2. The van der Waals surface area contributed by atoms with Crippen LogP contribution < -0.4 is 4.90 Å². The van der Waals surface area contributed by atoms with Gasteiger partial charge in [0.05, 0.1) is 18.0 Å². The van der Waals surface area contributed by atoms with Crippen LogP contribution in [0.1, 0.15) is 0 Å². The number of piperazine rings is 1. The normalized spacial score (nSPS) is 17.2. The number of aliphatic hydroxyl groups is 1. The number of thioether (sulfide) groups is 1. The minimum Gasteiger partial charge on any atom is -0.395 e. The second-order valence-corrected chi connectivity index (χ2v) is 8.83. The fraction of sp³-hybridized carbons (Fsp3) is 0.400. The maximum Gasteiger partial charge on any atom is 0.290 e. The smallest absolute Gasteiger partial charge is 0.290 e. The summed E-state index contributed by atoms with van der Waals surface area (Å²) in [6.45, 7) is 5.81. The third-order valence-corrected chi connectivity index (χ3v) is 6.89. The van der Waals surface area contributed by atoms with E-state index in [0.717, 1.165) is 66.3 Å². The molecule has 3 heterocycles. The van der Waals surface area contributed by atoms with Crippen molar-refractivity contribution in [1.29, 1.82) is 0 Å². The Balaban J connectivity index is 1.38. The average molecular weight is 417 g/mol. The Bertz CT molecular complexity index is 782. The van der Waals surface area contributed by atoms with E-state index in [1.54, 1.807) is 22.9 Å². The van der Waals surface area contributed by atoms with Crippen LogP contribution in [-0.4, -0.2) is 76.8 Å². The van der Waals surface area contributed by atoms with Gasteiger partial charge in [-0.05, 0) is 24.3 Å². The molecule has 0 spiro atoms. The molecule has 1 aromatic carbocycles. The lowest BCUT2D eigenvalue weighted by Crippen LogP contribution is -2.47. The van der Waals surface area contributed by atoms with Gasteiger partial charge in [0.1, 0.15) is 5.03 Å². The number of hydrogen-bond acceptors (Lipinski definition) is 7. The third-order valence-electron chi connectivity index (χ3n) is 5.00. The summed E-state index contributed by atoms with van der Waals surface area (Å²) >= 11 is 2.98. The molecule has 2 aromatic rings. The standard InChI is InChI=1S/C20H24N4O2S2/c25-14-12-22-8-10-23(11-9-22)13-15-27-20(26)24-16-4-1-2-6-18(16)28-19-17(24)5-3-7-21-19/h1-7,25H,8-15H2. The quantitative estimate of drug-likeness (QED) is 0.803. The van der Waals surface area contributed by atoms with E-state index in [1.807, 2.05) is 36.4 Å². The molecule has 1 aromatic heterocycles. The van der Waals surface area contributed by atoms with Crippen LogP contribution in [0.15, 0.2) is 52.5 Å². The highest BCUT2D eigenvalue weighted by atomic mass is 32.2. The number of nitrogens with zero attached hydrogens (tertiary/aromatic N) is 4. The fourth-order valence-electron chi connectivity index (χ4n) is 3.49. The monoisotopic (exact) mass is 416 g/mol. The number of aliphatic hydroxyl groups excluding tert-OH is 1. The van der Waals surface area contributed by atoms with Gasteiger partial charge in [0.25, 0.3) is 5.24 Å². The SMILES string of the molecule is O=C(SCCN1CCN(CCO)CC1)N1c2ccccc2Sc2ncccc21. The predicted octanol–water partition coefficient (Wildman–Crippen LogP) is 3.15. The molecule has 1 N–H and O–H groups in total. The Morgan fingerprint density at radius 1 is 1.04 bits per heavy atom. The largest absolute Gasteiger partial charge is 0.395 e. The molecule has 2 aliphatic heterocycles. The Kier molecular flexibility index (Phi) is 6.54. The van der Waals surface area contributed by atoms with Gasteiger partial charge in [-0.1, -0.05) is 35.7 Å². The van der Waals surface area contributed by atoms with E-state index >= 15 is 0 Å². The highest BCUT2D eigenvalue weighted by Gasteiger charge is 2.29. The number of hydrogen-bond donors (Lipinski definition) is 1. The van der Waals surface area contributed by atoms with E-state index in [9.17, 15) is 4.79 Å². The minimum absolute atomic E-state index is 0.0425. The zero-order valence-corrected chi connectivity index (χ0v) is 17.3. The van der Waals surface area contributed by atoms with E-state index in [4.69, 9.17) is 5.11 Å². The lowest BCUT2D eigenvalue weighted by molar-refractivity contribution is 0.117. The highest BCUT2D eigenvalue weighted by Crippen LogP contribution is 2.47. The number of para-hydroxylation sites is 1. The van der Waals surface area contributed by atoms with Gasteiger partial charge in [0, 0.05) is 56.1 Å². The molecule has 0 radical (unpaired) electrons. The Morgan fingerprint density at radius 3 is 2.54 bits per heavy atom. The number of amides is 1. The van der Waals surface area contributed by atoms with E-state index in [1.165, 1.54) is 11.8 Å². The van der Waals surface area contributed by atoms with Crippen LogP contribution in [0.5, 0.6) is 0 Å². The van der Waals surface area contributed by atoms with Crippen molar-refractivity contribution in [2.24, 2.45) is 0 Å². The summed E-state index contributed by atoms with van der Waals surface area (Å²) in [5, 5.41) is 9.96. The summed E-state index contributed by atoms with van der Waals surface area (Å²) < 4.78 is 0. The summed E-state index contributed by atoms with van der Waals surface area (Å²) in [6, 6.07) is 11.8. The number of pyridine rings is 1. The third kappa shape index (κ3) is 4.36. The first-order valence-electron chi connectivity index (χ1n) is 9.50. The van der Waals surface area contributed by atoms with Crippen molar-refractivity contribution in [3.05, 3.63) is 42.6 Å². The van der Waals surface area contributed by atoms with E-state index in [-0.39, 0.29) is 11.8 Å². The van der Waals surface area contributed by atoms with Crippen molar-refractivity contribution in [3.63, 3.8) is 0 Å². The molecule has 0 bridgehead atoms. The minimum atomic E-state index is 0.0425. The molecule has 148 valence electrons. The summed E-state index contributed by atoms with van der Waals surface area (Å²) in [7, 11) is 0. The van der Waals surface area contributed by atoms with Gasteiger partial charge in [-0.15, -0.1) is 0 Å². The van der Waals surface area contributed by atoms with Gasteiger partial charge in [-0.25, -0.2) is 4.98 Å². The number of aromatic nitrogens is 1. The van der Waals surface area contributed by atoms with Crippen molar-refractivity contribution in [2.75, 3.05) is 56.5 Å². The first kappa shape index (κ1) is 19.7. The lowest BCUT2D eigenvalue weighted by atomic mass is 10.2. The van der Waals surface area contributed by atoms with Gasteiger partial charge in [0.15, 0.2) is 0 Å². The summed E-state index contributed by atoms with van der Waals surface area (Å²) in [5.41, 5.74) is 1.80. The molecule has 0 aliphatic carbocycles. The number of benzene rings is 1. The van der Waals surface area contributed by atoms with Crippen LogP contribution in [0.2, 0.25) is 0 Å². The van der Waals surface area contributed by atoms with Crippen LogP contribution >= 0.6 is 23.5 Å². The molecule has 0 atom stereocenters. The molecular weight excluding hydrogens is 392 g/mol. The maximum atomic E-state index is 13.1. The molecular formula is C20H24N4O2S2. The van der Waals surface area contributed by atoms with Crippen LogP contribution in [0.4, 0.5) is 16.2 Å². The van der Waals surface area contributed by atoms with Gasteiger partial charge in [-0.2, -0.15) is 0 Å². The summed E-state index contributed by atoms with van der Waals surface area (Å²) in [6.07, 6.45) is 1.77. The summed E-state index contributed by atoms with van der Waals surface area (Å²) in [4.78, 5) is 25.1. The second-order valence-electron chi connectivity index (χ2n) is 6.75. The maximum absolute atomic E-state index is 13.1. The van der Waals surface area contributed by atoms with Gasteiger partial charge in [0.2, 0.25) is 0 Å². The van der Waals surface area contributed by atoms with E-state index < -0.39 is 0 Å². The van der Waals surface area contributed by atoms with E-state index in [0.29, 0.717) is 0 Å². The molecule has 0 unspecified atom stereocenters. The molecule has 28 heavy (non-hydrogen) atoms. The van der Waals surface area contributed by atoms with Crippen molar-refractivity contribution in [3.8, 4) is 0 Å². The van der Waals surface area contributed by atoms with Crippen LogP contribution in [-0.2, 0) is 0 Å². The van der Waals surface area contributed by atoms with Crippen molar-refractivity contribution < 1.29 is 9.90 Å². The molecule has 4 rings (SSSR count). The highest BCUT2D eigenvalue weighted by molar-refractivity contribution is 8.14. The molecule has 0 saturated carbocycles. The molecule has 1 fully saturated rings.